The molecule has 0 radical (unpaired) electrons. The highest BCUT2D eigenvalue weighted by atomic mass is 35.5. The molecule has 1 aromatic heterocycles. The summed E-state index contributed by atoms with van der Waals surface area (Å²) in [4.78, 5) is 20.3. The normalized spacial score (nSPS) is 22.3. The minimum atomic E-state index is -4.47. The molecular weight excluding hydrogens is 391 g/mol. The number of halogens is 4. The van der Waals surface area contributed by atoms with Crippen molar-refractivity contribution in [1.29, 1.82) is 0 Å². The average Bonchev–Trinajstić information content (AvgIpc) is 3.48. The molecule has 8 heteroatoms. The molecule has 4 nitrogen and oxygen atoms in total. The third kappa shape index (κ3) is 3.81. The van der Waals surface area contributed by atoms with E-state index in [-0.39, 0.29) is 22.8 Å². The van der Waals surface area contributed by atoms with Gasteiger partial charge in [0.1, 0.15) is 5.82 Å². The highest BCUT2D eigenvalue weighted by molar-refractivity contribution is 6.33. The number of nitrogens with zero attached hydrogens (tertiary/aromatic N) is 3. The molecule has 2 aliphatic rings. The fourth-order valence-electron chi connectivity index (χ4n) is 3.73. The second kappa shape index (κ2) is 7.28. The highest BCUT2D eigenvalue weighted by Crippen LogP contribution is 2.48. The molecule has 2 atom stereocenters. The van der Waals surface area contributed by atoms with E-state index >= 15 is 0 Å². The first kappa shape index (κ1) is 19.1. The lowest BCUT2D eigenvalue weighted by molar-refractivity contribution is -0.138. The molecule has 2 fully saturated rings. The van der Waals surface area contributed by atoms with Gasteiger partial charge in [-0.15, -0.1) is 0 Å². The van der Waals surface area contributed by atoms with Gasteiger partial charge < -0.3 is 9.80 Å². The Morgan fingerprint density at radius 3 is 2.39 bits per heavy atom. The number of pyridine rings is 1. The van der Waals surface area contributed by atoms with Gasteiger partial charge >= 0.3 is 6.18 Å². The molecular formula is C20H19ClF3N3O. The van der Waals surface area contributed by atoms with Gasteiger partial charge in [-0.2, -0.15) is 13.2 Å². The summed E-state index contributed by atoms with van der Waals surface area (Å²) in [6.45, 7) is 2.00. The fraction of sp³-hybridized carbons (Fsp3) is 0.400. The fourth-order valence-corrected chi connectivity index (χ4v) is 4.01. The average molecular weight is 410 g/mol. The number of alkyl halides is 3. The first-order valence-corrected chi connectivity index (χ1v) is 9.54. The van der Waals surface area contributed by atoms with E-state index in [1.807, 2.05) is 40.1 Å². The Bertz CT molecular complexity index is 867. The van der Waals surface area contributed by atoms with Crippen molar-refractivity contribution in [1.82, 2.24) is 9.88 Å². The predicted molar refractivity (Wildman–Crippen MR) is 100 cm³/mol. The topological polar surface area (TPSA) is 36.4 Å². The quantitative estimate of drug-likeness (QED) is 0.762. The Kier molecular flexibility index (Phi) is 4.95. The van der Waals surface area contributed by atoms with Gasteiger partial charge in [-0.1, -0.05) is 41.9 Å². The summed E-state index contributed by atoms with van der Waals surface area (Å²) < 4.78 is 38.3. The van der Waals surface area contributed by atoms with Crippen molar-refractivity contribution >= 4 is 23.3 Å². The van der Waals surface area contributed by atoms with Crippen LogP contribution in [0.3, 0.4) is 0 Å². The van der Waals surface area contributed by atoms with Crippen LogP contribution in [0.2, 0.25) is 5.02 Å². The molecule has 1 aliphatic carbocycles. The first-order chi connectivity index (χ1) is 13.3. The van der Waals surface area contributed by atoms with Gasteiger partial charge in [0, 0.05) is 38.3 Å². The maximum absolute atomic E-state index is 12.8. The number of amides is 1. The van der Waals surface area contributed by atoms with Crippen LogP contribution in [0.15, 0.2) is 42.6 Å². The minimum Gasteiger partial charge on any atom is -0.352 e. The number of hydrogen-bond acceptors (Lipinski definition) is 3. The summed E-state index contributed by atoms with van der Waals surface area (Å²) in [5.74, 6) is 0.801. The first-order valence-electron chi connectivity index (χ1n) is 9.16. The molecule has 0 spiro atoms. The van der Waals surface area contributed by atoms with Crippen molar-refractivity contribution in [2.45, 2.75) is 18.5 Å². The molecule has 28 heavy (non-hydrogen) atoms. The number of aromatic nitrogens is 1. The number of piperazine rings is 1. The lowest BCUT2D eigenvalue weighted by Crippen LogP contribution is -2.49. The summed E-state index contributed by atoms with van der Waals surface area (Å²) in [6, 6.07) is 10.9. The van der Waals surface area contributed by atoms with Gasteiger partial charge in [0.2, 0.25) is 5.91 Å². The van der Waals surface area contributed by atoms with E-state index in [0.29, 0.717) is 32.0 Å². The number of carbonyl (C=O) groups is 1. The standard InChI is InChI=1S/C20H19ClF3N3O/c21-17-10-14(20(22,23)24)12-25-18(17)26-6-8-27(9-7-26)19(28)16-11-15(16)13-4-2-1-3-5-13/h1-5,10,12,15-16H,6-9,11H2/t15-,16+/m0/s1. The minimum absolute atomic E-state index is 0.0269. The molecule has 1 aliphatic heterocycles. The third-order valence-electron chi connectivity index (χ3n) is 5.38. The number of hydrogen-bond donors (Lipinski definition) is 0. The molecule has 0 bridgehead atoms. The third-order valence-corrected chi connectivity index (χ3v) is 5.65. The second-order valence-electron chi connectivity index (χ2n) is 7.20. The zero-order valence-corrected chi connectivity index (χ0v) is 15.7. The van der Waals surface area contributed by atoms with Crippen LogP contribution < -0.4 is 4.90 Å². The SMILES string of the molecule is O=C([C@@H]1C[C@H]1c1ccccc1)N1CCN(c2ncc(C(F)(F)F)cc2Cl)CC1. The van der Waals surface area contributed by atoms with E-state index in [4.69, 9.17) is 11.6 Å². The van der Waals surface area contributed by atoms with Crippen molar-refractivity contribution in [2.24, 2.45) is 5.92 Å². The predicted octanol–water partition coefficient (Wildman–Crippen LogP) is 4.21. The number of anilines is 1. The molecule has 1 saturated heterocycles. The molecule has 4 rings (SSSR count). The van der Waals surface area contributed by atoms with E-state index in [1.165, 1.54) is 5.56 Å². The largest absolute Gasteiger partial charge is 0.417 e. The molecule has 1 saturated carbocycles. The summed E-state index contributed by atoms with van der Waals surface area (Å²) >= 11 is 6.03. The van der Waals surface area contributed by atoms with Gasteiger partial charge in [-0.25, -0.2) is 4.98 Å². The zero-order chi connectivity index (χ0) is 19.9. The molecule has 2 heterocycles. The molecule has 1 amide bonds. The Labute approximate surface area is 165 Å². The summed E-state index contributed by atoms with van der Waals surface area (Å²) in [5, 5.41) is -0.0269. The Morgan fingerprint density at radius 1 is 1.11 bits per heavy atom. The van der Waals surface area contributed by atoms with Crippen molar-refractivity contribution in [3.05, 3.63) is 58.7 Å². The van der Waals surface area contributed by atoms with Crippen LogP contribution in [0.4, 0.5) is 19.0 Å². The van der Waals surface area contributed by atoms with Gasteiger partial charge in [0.05, 0.1) is 10.6 Å². The Hall–Kier alpha value is -2.28. The van der Waals surface area contributed by atoms with Gasteiger partial charge in [0.25, 0.3) is 0 Å². The lowest BCUT2D eigenvalue weighted by atomic mass is 10.1. The summed E-state index contributed by atoms with van der Waals surface area (Å²) in [6.07, 6.45) is -2.80. The van der Waals surface area contributed by atoms with Crippen molar-refractivity contribution in [3.63, 3.8) is 0 Å². The number of benzene rings is 1. The lowest BCUT2D eigenvalue weighted by Gasteiger charge is -2.36. The molecule has 2 aromatic rings. The van der Waals surface area contributed by atoms with Crippen LogP contribution in [-0.2, 0) is 11.0 Å². The Morgan fingerprint density at radius 2 is 1.79 bits per heavy atom. The van der Waals surface area contributed by atoms with E-state index in [9.17, 15) is 18.0 Å². The van der Waals surface area contributed by atoms with Crippen LogP contribution in [0.25, 0.3) is 0 Å². The van der Waals surface area contributed by atoms with Crippen molar-refractivity contribution in [3.8, 4) is 0 Å². The molecule has 0 unspecified atom stereocenters. The van der Waals surface area contributed by atoms with E-state index in [1.54, 1.807) is 0 Å². The van der Waals surface area contributed by atoms with Crippen molar-refractivity contribution in [2.75, 3.05) is 31.1 Å². The van der Waals surface area contributed by atoms with Gasteiger partial charge in [0.15, 0.2) is 0 Å². The van der Waals surface area contributed by atoms with Gasteiger partial charge in [-0.3, -0.25) is 4.79 Å². The maximum Gasteiger partial charge on any atom is 0.417 e. The molecule has 1 aromatic carbocycles. The van der Waals surface area contributed by atoms with Gasteiger partial charge in [-0.05, 0) is 24.0 Å². The highest BCUT2D eigenvalue weighted by Gasteiger charge is 2.46. The van der Waals surface area contributed by atoms with E-state index in [0.717, 1.165) is 18.7 Å². The molecule has 0 N–H and O–H groups in total. The number of rotatable bonds is 3. The van der Waals surface area contributed by atoms with Crippen LogP contribution in [0.1, 0.15) is 23.5 Å². The Balaban J connectivity index is 1.36. The maximum atomic E-state index is 12.8. The summed E-state index contributed by atoms with van der Waals surface area (Å²) in [5.41, 5.74) is 0.330. The van der Waals surface area contributed by atoms with Crippen LogP contribution in [0, 0.1) is 5.92 Å². The van der Waals surface area contributed by atoms with Crippen LogP contribution in [-0.4, -0.2) is 42.0 Å². The van der Waals surface area contributed by atoms with Crippen molar-refractivity contribution < 1.29 is 18.0 Å². The number of carbonyl (C=O) groups excluding carboxylic acids is 1. The smallest absolute Gasteiger partial charge is 0.352 e. The summed E-state index contributed by atoms with van der Waals surface area (Å²) in [7, 11) is 0. The van der Waals surface area contributed by atoms with Crippen LogP contribution >= 0.6 is 11.6 Å². The van der Waals surface area contributed by atoms with E-state index in [2.05, 4.69) is 4.98 Å². The van der Waals surface area contributed by atoms with Crippen LogP contribution in [0.5, 0.6) is 0 Å². The molecule has 148 valence electrons. The zero-order valence-electron chi connectivity index (χ0n) is 15.0. The second-order valence-corrected chi connectivity index (χ2v) is 7.61. The van der Waals surface area contributed by atoms with E-state index < -0.39 is 11.7 Å². The monoisotopic (exact) mass is 409 g/mol.